The molecule has 7 nitrogen and oxygen atoms in total. The van der Waals surface area contributed by atoms with Crippen molar-refractivity contribution in [1.29, 1.82) is 0 Å². The van der Waals surface area contributed by atoms with Gasteiger partial charge in [-0.05, 0) is 30.8 Å². The number of hydrogen-bond donors (Lipinski definition) is 2. The minimum atomic E-state index is -0.334. The van der Waals surface area contributed by atoms with Gasteiger partial charge in [-0.3, -0.25) is 4.79 Å². The largest absolute Gasteiger partial charge is 0.392 e. The van der Waals surface area contributed by atoms with Crippen LogP contribution in [0.5, 0.6) is 0 Å². The van der Waals surface area contributed by atoms with Crippen LogP contribution in [0, 0.1) is 5.41 Å². The predicted molar refractivity (Wildman–Crippen MR) is 93.5 cm³/mol. The first-order valence-electron chi connectivity index (χ1n) is 8.22. The zero-order valence-corrected chi connectivity index (χ0v) is 15.4. The normalized spacial score (nSPS) is 25.2. The molecule has 3 N–H and O–H groups in total. The van der Waals surface area contributed by atoms with Crippen molar-refractivity contribution in [2.45, 2.75) is 44.8 Å². The third kappa shape index (κ3) is 3.30. The van der Waals surface area contributed by atoms with Gasteiger partial charge in [0.15, 0.2) is 0 Å². The van der Waals surface area contributed by atoms with E-state index in [4.69, 9.17) is 10.5 Å². The lowest BCUT2D eigenvalue weighted by Gasteiger charge is -2.56. The highest BCUT2D eigenvalue weighted by atomic mass is 35.5. The molecule has 2 heterocycles. The van der Waals surface area contributed by atoms with E-state index in [1.165, 1.54) is 11.5 Å². The molecule has 24 heavy (non-hydrogen) atoms. The van der Waals surface area contributed by atoms with E-state index < -0.39 is 0 Å². The fourth-order valence-electron chi connectivity index (χ4n) is 3.70. The Kier molecular flexibility index (Phi) is 6.55. The maximum atomic E-state index is 12.6. The average Bonchev–Trinajstić information content (AvgIpc) is 3.06. The van der Waals surface area contributed by atoms with Crippen molar-refractivity contribution in [3.05, 3.63) is 10.6 Å². The summed E-state index contributed by atoms with van der Waals surface area (Å²) < 4.78 is 9.68. The number of rotatable bonds is 5. The Hall–Kier alpha value is -0.800. The van der Waals surface area contributed by atoms with Gasteiger partial charge in [0, 0.05) is 31.5 Å². The summed E-state index contributed by atoms with van der Waals surface area (Å²) in [6.45, 7) is 4.27. The van der Waals surface area contributed by atoms with Crippen LogP contribution in [0.25, 0.3) is 0 Å². The fraction of sp³-hybridized carbons (Fsp3) is 0.800. The topological polar surface area (TPSA) is 102 Å². The number of ether oxygens (including phenoxy) is 1. The Morgan fingerprint density at radius 1 is 1.50 bits per heavy atom. The number of aliphatic hydroxyl groups excluding tert-OH is 1. The number of nitrogens with zero attached hydrogens (tertiary/aromatic N) is 3. The van der Waals surface area contributed by atoms with E-state index in [9.17, 15) is 9.90 Å². The quantitative estimate of drug-likeness (QED) is 0.790. The van der Waals surface area contributed by atoms with Gasteiger partial charge in [-0.25, -0.2) is 0 Å². The average molecular weight is 377 g/mol. The first kappa shape index (κ1) is 19.5. The van der Waals surface area contributed by atoms with Gasteiger partial charge in [-0.1, -0.05) is 11.4 Å². The van der Waals surface area contributed by atoms with E-state index in [1.54, 1.807) is 0 Å². The molecule has 0 unspecified atom stereocenters. The number of nitrogens with two attached hydrogens (primary N) is 1. The molecule has 1 saturated carbocycles. The number of aryl methyl sites for hydroxylation is 1. The molecule has 1 aromatic rings. The van der Waals surface area contributed by atoms with E-state index in [2.05, 4.69) is 9.59 Å². The van der Waals surface area contributed by atoms with Gasteiger partial charge in [-0.2, -0.15) is 0 Å². The smallest absolute Gasteiger partial charge is 0.267 e. The van der Waals surface area contributed by atoms with Crippen molar-refractivity contribution in [3.63, 3.8) is 0 Å². The van der Waals surface area contributed by atoms with Gasteiger partial charge < -0.3 is 20.5 Å². The molecule has 136 valence electrons. The molecule has 1 aliphatic heterocycles. The molecule has 1 saturated heterocycles. The second kappa shape index (κ2) is 8.05. The Morgan fingerprint density at radius 3 is 2.79 bits per heavy atom. The highest BCUT2D eigenvalue weighted by molar-refractivity contribution is 7.08. The molecule has 3 rings (SSSR count). The Bertz CT molecular complexity index is 563. The van der Waals surface area contributed by atoms with Crippen molar-refractivity contribution < 1.29 is 14.6 Å². The number of hydrogen-bond acceptors (Lipinski definition) is 7. The number of amides is 1. The minimum absolute atomic E-state index is 0. The van der Waals surface area contributed by atoms with Gasteiger partial charge in [0.25, 0.3) is 5.91 Å². The molecular weight excluding hydrogens is 352 g/mol. The van der Waals surface area contributed by atoms with Gasteiger partial charge in [-0.15, -0.1) is 17.5 Å². The van der Waals surface area contributed by atoms with E-state index >= 15 is 0 Å². The maximum absolute atomic E-state index is 12.6. The molecule has 2 fully saturated rings. The first-order valence-corrected chi connectivity index (χ1v) is 9.00. The van der Waals surface area contributed by atoms with Crippen LogP contribution >= 0.6 is 23.9 Å². The van der Waals surface area contributed by atoms with E-state index in [0.717, 1.165) is 18.5 Å². The van der Waals surface area contributed by atoms with E-state index in [1.807, 2.05) is 11.8 Å². The van der Waals surface area contributed by atoms with Crippen LogP contribution in [0.4, 0.5) is 0 Å². The summed E-state index contributed by atoms with van der Waals surface area (Å²) in [5.74, 6) is 0.0138. The highest BCUT2D eigenvalue weighted by Gasteiger charge is 2.56. The highest BCUT2D eigenvalue weighted by Crippen LogP contribution is 2.51. The molecule has 0 radical (unpaired) electrons. The zero-order valence-electron chi connectivity index (χ0n) is 13.8. The molecule has 2 atom stereocenters. The van der Waals surface area contributed by atoms with Crippen LogP contribution in [0.1, 0.15) is 41.6 Å². The molecule has 1 aliphatic carbocycles. The molecule has 1 spiro atoms. The third-order valence-electron chi connectivity index (χ3n) is 5.25. The summed E-state index contributed by atoms with van der Waals surface area (Å²) in [4.78, 5) is 15.1. The number of likely N-dealkylation sites (tertiary alicyclic amines) is 1. The van der Waals surface area contributed by atoms with Crippen molar-refractivity contribution in [2.24, 2.45) is 11.1 Å². The van der Waals surface area contributed by atoms with Crippen LogP contribution in [0.2, 0.25) is 0 Å². The molecule has 1 aromatic heterocycles. The minimum Gasteiger partial charge on any atom is -0.392 e. The van der Waals surface area contributed by atoms with Crippen molar-refractivity contribution in [2.75, 3.05) is 26.2 Å². The fourth-order valence-corrected chi connectivity index (χ4v) is 4.42. The summed E-state index contributed by atoms with van der Waals surface area (Å²) in [7, 11) is 0. The molecule has 9 heteroatoms. The lowest BCUT2D eigenvalue weighted by Crippen LogP contribution is -2.62. The summed E-state index contributed by atoms with van der Waals surface area (Å²) in [6.07, 6.45) is 2.65. The monoisotopic (exact) mass is 376 g/mol. The molecular formula is C15H25ClN4O3S. The Labute approximate surface area is 152 Å². The van der Waals surface area contributed by atoms with Crippen molar-refractivity contribution in [1.82, 2.24) is 14.5 Å². The third-order valence-corrected chi connectivity index (χ3v) is 6.00. The SMILES string of the molecule is CCc1nnsc1C(=O)N1CCC2(CC1)[C@H](O)C[C@@H]2OCCN.Cl. The van der Waals surface area contributed by atoms with E-state index in [0.29, 0.717) is 44.0 Å². The standard InChI is InChI=1S/C15H24N4O3S.ClH/c1-2-10-13(23-18-17-10)14(21)19-6-3-15(4-7-19)11(20)9-12(15)22-8-5-16;/h11-12,20H,2-9,16H2,1H3;1H/t11-,12+;/m1./s1. The number of piperidine rings is 1. The summed E-state index contributed by atoms with van der Waals surface area (Å²) in [5, 5.41) is 14.3. The van der Waals surface area contributed by atoms with Gasteiger partial charge in [0.2, 0.25) is 0 Å². The summed E-state index contributed by atoms with van der Waals surface area (Å²) in [5.41, 5.74) is 6.07. The van der Waals surface area contributed by atoms with Crippen molar-refractivity contribution >= 4 is 29.8 Å². The number of carbonyl (C=O) groups is 1. The van der Waals surface area contributed by atoms with Crippen LogP contribution in [-0.2, 0) is 11.2 Å². The molecule has 0 aromatic carbocycles. The Morgan fingerprint density at radius 2 is 2.21 bits per heavy atom. The summed E-state index contributed by atoms with van der Waals surface area (Å²) >= 11 is 1.17. The summed E-state index contributed by atoms with van der Waals surface area (Å²) in [6, 6.07) is 0. The van der Waals surface area contributed by atoms with Gasteiger partial charge in [0.1, 0.15) is 4.88 Å². The second-order valence-electron chi connectivity index (χ2n) is 6.33. The maximum Gasteiger partial charge on any atom is 0.267 e. The number of halogens is 1. The molecule has 1 amide bonds. The predicted octanol–water partition coefficient (Wildman–Crippen LogP) is 0.853. The zero-order chi connectivity index (χ0) is 16.4. The van der Waals surface area contributed by atoms with Gasteiger partial charge in [0.05, 0.1) is 24.5 Å². The van der Waals surface area contributed by atoms with E-state index in [-0.39, 0.29) is 35.9 Å². The van der Waals surface area contributed by atoms with Crippen LogP contribution in [0.15, 0.2) is 0 Å². The Balaban J connectivity index is 0.00000208. The first-order chi connectivity index (χ1) is 11.1. The number of aliphatic hydroxyl groups is 1. The number of aromatic nitrogens is 2. The lowest BCUT2D eigenvalue weighted by molar-refractivity contribution is -0.207. The van der Waals surface area contributed by atoms with Crippen LogP contribution in [0.3, 0.4) is 0 Å². The van der Waals surface area contributed by atoms with Crippen LogP contribution < -0.4 is 5.73 Å². The lowest BCUT2D eigenvalue weighted by atomic mass is 9.58. The van der Waals surface area contributed by atoms with Gasteiger partial charge >= 0.3 is 0 Å². The van der Waals surface area contributed by atoms with Crippen LogP contribution in [-0.4, -0.2) is 63.9 Å². The molecule has 2 aliphatic rings. The second-order valence-corrected chi connectivity index (χ2v) is 7.08. The molecule has 0 bridgehead atoms. The van der Waals surface area contributed by atoms with Crippen molar-refractivity contribution in [3.8, 4) is 0 Å². The number of carbonyl (C=O) groups excluding carboxylic acids is 1.